The zero-order valence-electron chi connectivity index (χ0n) is 14.8. The highest BCUT2D eigenvalue weighted by molar-refractivity contribution is 5.92. The number of hydrogen-bond donors (Lipinski definition) is 1. The van der Waals surface area contributed by atoms with Crippen LogP contribution in [0.5, 0.6) is 0 Å². The Bertz CT molecular complexity index is 609. The maximum atomic E-state index is 12.7. The molecule has 2 N–H and O–H groups in total. The number of benzene rings is 1. The first-order chi connectivity index (χ1) is 12.0. The molecule has 1 aromatic carbocycles. The molecule has 2 saturated heterocycles. The van der Waals surface area contributed by atoms with E-state index in [-0.39, 0.29) is 17.9 Å². The monoisotopic (exact) mass is 345 g/mol. The fraction of sp³-hybridized carbons (Fsp3) is 0.579. The van der Waals surface area contributed by atoms with Crippen LogP contribution in [0.25, 0.3) is 0 Å². The van der Waals surface area contributed by atoms with Crippen LogP contribution in [0, 0.1) is 5.92 Å². The third-order valence-electron chi connectivity index (χ3n) is 5.25. The molecule has 6 nitrogen and oxygen atoms in total. The molecule has 1 aromatic rings. The van der Waals surface area contributed by atoms with Gasteiger partial charge >= 0.3 is 0 Å². The lowest BCUT2D eigenvalue weighted by atomic mass is 9.93. The van der Waals surface area contributed by atoms with Crippen LogP contribution in [0.1, 0.15) is 35.7 Å². The molecular formula is C19H27N3O3. The first kappa shape index (κ1) is 17.9. The summed E-state index contributed by atoms with van der Waals surface area (Å²) in [5.41, 5.74) is 6.95. The van der Waals surface area contributed by atoms with Crippen molar-refractivity contribution in [1.82, 2.24) is 9.80 Å². The van der Waals surface area contributed by atoms with E-state index in [2.05, 4.69) is 4.90 Å². The van der Waals surface area contributed by atoms with Gasteiger partial charge in [0.2, 0.25) is 11.8 Å². The Morgan fingerprint density at radius 1 is 1.16 bits per heavy atom. The van der Waals surface area contributed by atoms with Crippen molar-refractivity contribution in [3.63, 3.8) is 0 Å². The van der Waals surface area contributed by atoms with Crippen molar-refractivity contribution >= 4 is 11.8 Å². The standard InChI is InChI=1S/C19H27N3O3/c1-14-17(3-2-12-25-14)19(24)22-10-8-21(9-11-22)13-15-4-6-16(7-5-15)18(20)23/h4-7,14,17H,2-3,8-13H2,1H3,(H2,20,23). The zero-order chi connectivity index (χ0) is 17.8. The summed E-state index contributed by atoms with van der Waals surface area (Å²) in [6, 6.07) is 7.42. The van der Waals surface area contributed by atoms with Crippen molar-refractivity contribution in [2.75, 3.05) is 32.8 Å². The number of amides is 2. The summed E-state index contributed by atoms with van der Waals surface area (Å²) < 4.78 is 5.64. The number of hydrogen-bond acceptors (Lipinski definition) is 4. The van der Waals surface area contributed by atoms with E-state index in [1.54, 1.807) is 12.1 Å². The fourth-order valence-corrected chi connectivity index (χ4v) is 3.64. The van der Waals surface area contributed by atoms with Gasteiger partial charge in [-0.15, -0.1) is 0 Å². The van der Waals surface area contributed by atoms with E-state index in [9.17, 15) is 9.59 Å². The van der Waals surface area contributed by atoms with Crippen molar-refractivity contribution in [2.24, 2.45) is 11.7 Å². The van der Waals surface area contributed by atoms with E-state index >= 15 is 0 Å². The van der Waals surface area contributed by atoms with Gasteiger partial charge in [0.05, 0.1) is 12.0 Å². The third kappa shape index (κ3) is 4.38. The molecule has 2 fully saturated rings. The minimum Gasteiger partial charge on any atom is -0.378 e. The summed E-state index contributed by atoms with van der Waals surface area (Å²) in [6.45, 7) is 6.87. The molecule has 2 unspecified atom stereocenters. The summed E-state index contributed by atoms with van der Waals surface area (Å²) >= 11 is 0. The molecule has 2 amide bonds. The lowest BCUT2D eigenvalue weighted by Crippen LogP contribution is -2.52. The number of nitrogens with zero attached hydrogens (tertiary/aromatic N) is 2. The van der Waals surface area contributed by atoms with Gasteiger partial charge in [-0.25, -0.2) is 0 Å². The van der Waals surface area contributed by atoms with Crippen molar-refractivity contribution in [2.45, 2.75) is 32.4 Å². The lowest BCUT2D eigenvalue weighted by molar-refractivity contribution is -0.145. The largest absolute Gasteiger partial charge is 0.378 e. The van der Waals surface area contributed by atoms with E-state index in [1.165, 1.54) is 0 Å². The molecule has 0 aromatic heterocycles. The normalized spacial score (nSPS) is 24.9. The van der Waals surface area contributed by atoms with Crippen LogP contribution >= 0.6 is 0 Å². The first-order valence-electron chi connectivity index (χ1n) is 9.06. The maximum absolute atomic E-state index is 12.7. The average molecular weight is 345 g/mol. The molecule has 2 atom stereocenters. The molecular weight excluding hydrogens is 318 g/mol. The molecule has 2 aliphatic heterocycles. The van der Waals surface area contributed by atoms with Crippen molar-refractivity contribution in [3.05, 3.63) is 35.4 Å². The van der Waals surface area contributed by atoms with E-state index in [1.807, 2.05) is 24.0 Å². The predicted octanol–water partition coefficient (Wildman–Crippen LogP) is 1.24. The van der Waals surface area contributed by atoms with Crippen LogP contribution in [-0.2, 0) is 16.1 Å². The van der Waals surface area contributed by atoms with Gasteiger partial charge in [0.15, 0.2) is 0 Å². The Hall–Kier alpha value is -1.92. The highest BCUT2D eigenvalue weighted by Gasteiger charge is 2.33. The molecule has 136 valence electrons. The summed E-state index contributed by atoms with van der Waals surface area (Å²) in [5, 5.41) is 0. The molecule has 0 aliphatic carbocycles. The van der Waals surface area contributed by atoms with E-state index in [0.717, 1.165) is 57.7 Å². The van der Waals surface area contributed by atoms with Crippen LogP contribution in [0.15, 0.2) is 24.3 Å². The van der Waals surface area contributed by atoms with Crippen molar-refractivity contribution in [3.8, 4) is 0 Å². The number of piperazine rings is 1. The van der Waals surface area contributed by atoms with Gasteiger partial charge in [0.25, 0.3) is 0 Å². The minimum atomic E-state index is -0.403. The Morgan fingerprint density at radius 3 is 2.44 bits per heavy atom. The molecule has 2 aliphatic rings. The molecule has 0 spiro atoms. The third-order valence-corrected chi connectivity index (χ3v) is 5.25. The first-order valence-corrected chi connectivity index (χ1v) is 9.06. The van der Waals surface area contributed by atoms with Gasteiger partial charge in [-0.1, -0.05) is 12.1 Å². The fourth-order valence-electron chi connectivity index (χ4n) is 3.64. The quantitative estimate of drug-likeness (QED) is 0.891. The van der Waals surface area contributed by atoms with Crippen LogP contribution in [0.2, 0.25) is 0 Å². The molecule has 0 bridgehead atoms. The molecule has 0 radical (unpaired) electrons. The lowest BCUT2D eigenvalue weighted by Gasteiger charge is -2.38. The second-order valence-electron chi connectivity index (χ2n) is 6.99. The van der Waals surface area contributed by atoms with E-state index < -0.39 is 5.91 Å². The van der Waals surface area contributed by atoms with Crippen LogP contribution in [-0.4, -0.2) is 60.5 Å². The Labute approximate surface area is 148 Å². The summed E-state index contributed by atoms with van der Waals surface area (Å²) in [7, 11) is 0. The second kappa shape index (κ2) is 7.97. The smallest absolute Gasteiger partial charge is 0.248 e. The van der Waals surface area contributed by atoms with Gasteiger partial charge in [-0.05, 0) is 37.5 Å². The van der Waals surface area contributed by atoms with Gasteiger partial charge in [-0.3, -0.25) is 14.5 Å². The number of ether oxygens (including phenoxy) is 1. The Kier molecular flexibility index (Phi) is 5.71. The zero-order valence-corrected chi connectivity index (χ0v) is 14.8. The Balaban J connectivity index is 1.49. The minimum absolute atomic E-state index is 0.0154. The van der Waals surface area contributed by atoms with E-state index in [4.69, 9.17) is 10.5 Å². The van der Waals surface area contributed by atoms with E-state index in [0.29, 0.717) is 5.56 Å². The molecule has 2 heterocycles. The topological polar surface area (TPSA) is 75.9 Å². The van der Waals surface area contributed by atoms with Crippen LogP contribution in [0.4, 0.5) is 0 Å². The summed E-state index contributed by atoms with van der Waals surface area (Å²) in [5.74, 6) is -0.140. The van der Waals surface area contributed by atoms with Gasteiger partial charge in [0, 0.05) is 44.9 Å². The maximum Gasteiger partial charge on any atom is 0.248 e. The summed E-state index contributed by atoms with van der Waals surface area (Å²) in [4.78, 5) is 28.2. The number of primary amides is 1. The summed E-state index contributed by atoms with van der Waals surface area (Å²) in [6.07, 6.45) is 1.94. The highest BCUT2D eigenvalue weighted by atomic mass is 16.5. The Morgan fingerprint density at radius 2 is 1.84 bits per heavy atom. The van der Waals surface area contributed by atoms with Crippen LogP contribution < -0.4 is 5.73 Å². The second-order valence-corrected chi connectivity index (χ2v) is 6.99. The number of carbonyl (C=O) groups is 2. The molecule has 3 rings (SSSR count). The number of rotatable bonds is 4. The molecule has 0 saturated carbocycles. The van der Waals surface area contributed by atoms with Crippen LogP contribution in [0.3, 0.4) is 0 Å². The SMILES string of the molecule is CC1OCCCC1C(=O)N1CCN(Cc2ccc(C(N)=O)cc2)CC1. The number of nitrogens with two attached hydrogens (primary N) is 1. The molecule has 25 heavy (non-hydrogen) atoms. The predicted molar refractivity (Wildman–Crippen MR) is 95.0 cm³/mol. The van der Waals surface area contributed by atoms with Crippen molar-refractivity contribution in [1.29, 1.82) is 0 Å². The highest BCUT2D eigenvalue weighted by Crippen LogP contribution is 2.23. The number of carbonyl (C=O) groups excluding carboxylic acids is 2. The average Bonchev–Trinajstić information content (AvgIpc) is 2.63. The van der Waals surface area contributed by atoms with Gasteiger partial charge < -0.3 is 15.4 Å². The van der Waals surface area contributed by atoms with Gasteiger partial charge in [-0.2, -0.15) is 0 Å². The van der Waals surface area contributed by atoms with Crippen molar-refractivity contribution < 1.29 is 14.3 Å². The van der Waals surface area contributed by atoms with Gasteiger partial charge in [0.1, 0.15) is 0 Å². The molecule has 6 heteroatoms.